The molecule has 1 N–H and O–H groups in total. The standard InChI is InChI=1S/C13H13BrN2O2/c14-9-1-2-10-11(6-9)15-12-5-8(7-17)3-4-16(12)13(10)18/h1-2,6,8,17H,3-5,7H2. The average molecular weight is 309 g/mol. The molecule has 0 fully saturated rings. The normalized spacial score (nSPS) is 18.9. The molecule has 1 aliphatic rings. The SMILES string of the molecule is O=c1c2ccc(Br)cc2nc2n1CCC(CO)C2. The molecule has 0 radical (unpaired) electrons. The molecule has 0 spiro atoms. The second-order valence-electron chi connectivity index (χ2n) is 4.69. The van der Waals surface area contributed by atoms with Gasteiger partial charge in [0.25, 0.3) is 5.56 Å². The summed E-state index contributed by atoms with van der Waals surface area (Å²) in [6.45, 7) is 0.810. The van der Waals surface area contributed by atoms with E-state index < -0.39 is 0 Å². The van der Waals surface area contributed by atoms with Crippen LogP contribution in [0, 0.1) is 5.92 Å². The molecular formula is C13H13BrN2O2. The molecule has 1 aromatic carbocycles. The van der Waals surface area contributed by atoms with Gasteiger partial charge >= 0.3 is 0 Å². The Labute approximate surface area is 112 Å². The van der Waals surface area contributed by atoms with E-state index in [-0.39, 0.29) is 18.1 Å². The monoisotopic (exact) mass is 308 g/mol. The maximum atomic E-state index is 12.3. The number of fused-ring (bicyclic) bond motifs is 2. The van der Waals surface area contributed by atoms with Gasteiger partial charge in [0.15, 0.2) is 0 Å². The maximum absolute atomic E-state index is 12.3. The van der Waals surface area contributed by atoms with Crippen LogP contribution in [0.5, 0.6) is 0 Å². The van der Waals surface area contributed by atoms with E-state index in [2.05, 4.69) is 20.9 Å². The average Bonchev–Trinajstić information content (AvgIpc) is 2.38. The van der Waals surface area contributed by atoms with Gasteiger partial charge in [-0.2, -0.15) is 0 Å². The van der Waals surface area contributed by atoms with E-state index >= 15 is 0 Å². The Bertz CT molecular complexity index is 666. The summed E-state index contributed by atoms with van der Waals surface area (Å²) in [5.41, 5.74) is 0.748. The van der Waals surface area contributed by atoms with Crippen LogP contribution in [0.1, 0.15) is 12.2 Å². The predicted octanol–water partition coefficient (Wildman–Crippen LogP) is 1.71. The van der Waals surface area contributed by atoms with Gasteiger partial charge in [-0.15, -0.1) is 0 Å². The summed E-state index contributed by atoms with van der Waals surface area (Å²) in [6.07, 6.45) is 1.52. The van der Waals surface area contributed by atoms with Crippen LogP contribution in [0.2, 0.25) is 0 Å². The molecule has 0 aliphatic carbocycles. The van der Waals surface area contributed by atoms with Gasteiger partial charge in [-0.1, -0.05) is 15.9 Å². The van der Waals surface area contributed by atoms with E-state index in [1.54, 1.807) is 10.6 Å². The summed E-state index contributed by atoms with van der Waals surface area (Å²) in [6, 6.07) is 5.53. The van der Waals surface area contributed by atoms with E-state index in [9.17, 15) is 9.90 Å². The van der Waals surface area contributed by atoms with Crippen molar-refractivity contribution in [1.82, 2.24) is 9.55 Å². The highest BCUT2D eigenvalue weighted by Crippen LogP contribution is 2.21. The molecular weight excluding hydrogens is 296 g/mol. The van der Waals surface area contributed by atoms with Gasteiger partial charge in [0.2, 0.25) is 0 Å². The second-order valence-corrected chi connectivity index (χ2v) is 5.60. The van der Waals surface area contributed by atoms with Crippen molar-refractivity contribution in [2.75, 3.05) is 6.61 Å². The molecule has 0 bridgehead atoms. The number of aliphatic hydroxyl groups is 1. The number of halogens is 1. The Balaban J connectivity index is 2.23. The zero-order valence-electron chi connectivity index (χ0n) is 9.77. The molecule has 2 heterocycles. The van der Waals surface area contributed by atoms with Crippen LogP contribution < -0.4 is 5.56 Å². The lowest BCUT2D eigenvalue weighted by Crippen LogP contribution is -2.32. The first-order chi connectivity index (χ1) is 8.69. The van der Waals surface area contributed by atoms with Crippen LogP contribution in [-0.4, -0.2) is 21.3 Å². The lowest BCUT2D eigenvalue weighted by atomic mass is 9.98. The van der Waals surface area contributed by atoms with Crippen LogP contribution in [0.15, 0.2) is 27.5 Å². The highest BCUT2D eigenvalue weighted by Gasteiger charge is 2.21. The van der Waals surface area contributed by atoms with E-state index in [4.69, 9.17) is 0 Å². The van der Waals surface area contributed by atoms with E-state index in [0.29, 0.717) is 18.4 Å². The predicted molar refractivity (Wildman–Crippen MR) is 72.6 cm³/mol. The minimum atomic E-state index is 0.0267. The molecule has 1 aliphatic heterocycles. The summed E-state index contributed by atoms with van der Waals surface area (Å²) in [7, 11) is 0. The van der Waals surface area contributed by atoms with Crippen LogP contribution in [0.4, 0.5) is 0 Å². The van der Waals surface area contributed by atoms with Gasteiger partial charge in [0, 0.05) is 24.0 Å². The minimum Gasteiger partial charge on any atom is -0.396 e. The molecule has 0 saturated carbocycles. The second kappa shape index (κ2) is 4.48. The molecule has 2 aromatic rings. The number of hydrogen-bond acceptors (Lipinski definition) is 3. The van der Waals surface area contributed by atoms with Crippen molar-refractivity contribution in [1.29, 1.82) is 0 Å². The summed E-state index contributed by atoms with van der Waals surface area (Å²) >= 11 is 3.39. The Morgan fingerprint density at radius 2 is 2.33 bits per heavy atom. The zero-order chi connectivity index (χ0) is 12.7. The van der Waals surface area contributed by atoms with Crippen LogP contribution in [0.3, 0.4) is 0 Å². The third-order valence-corrected chi connectivity index (χ3v) is 3.98. The fourth-order valence-corrected chi connectivity index (χ4v) is 2.80. The number of aromatic nitrogens is 2. The smallest absolute Gasteiger partial charge is 0.261 e. The van der Waals surface area contributed by atoms with Crippen LogP contribution in [-0.2, 0) is 13.0 Å². The van der Waals surface area contributed by atoms with Crippen molar-refractivity contribution >= 4 is 26.8 Å². The minimum absolute atomic E-state index is 0.0267. The van der Waals surface area contributed by atoms with Gasteiger partial charge in [-0.25, -0.2) is 4.98 Å². The molecule has 1 unspecified atom stereocenters. The summed E-state index contributed by atoms with van der Waals surface area (Å²) < 4.78 is 2.66. The summed E-state index contributed by atoms with van der Waals surface area (Å²) in [4.78, 5) is 16.9. The number of benzene rings is 1. The fourth-order valence-electron chi connectivity index (χ4n) is 2.45. The van der Waals surface area contributed by atoms with Gasteiger partial charge in [-0.05, 0) is 30.5 Å². The third-order valence-electron chi connectivity index (χ3n) is 3.49. The van der Waals surface area contributed by atoms with E-state index in [0.717, 1.165) is 22.2 Å². The Hall–Kier alpha value is -1.20. The van der Waals surface area contributed by atoms with Gasteiger partial charge in [0.1, 0.15) is 5.82 Å². The first kappa shape index (κ1) is 11.9. The summed E-state index contributed by atoms with van der Waals surface area (Å²) in [5.74, 6) is 1.01. The molecule has 3 rings (SSSR count). The number of rotatable bonds is 1. The fraction of sp³-hybridized carbons (Fsp3) is 0.385. The Kier molecular flexibility index (Phi) is 2.95. The highest BCUT2D eigenvalue weighted by molar-refractivity contribution is 9.10. The zero-order valence-corrected chi connectivity index (χ0v) is 11.4. The number of hydrogen-bond donors (Lipinski definition) is 1. The quantitative estimate of drug-likeness (QED) is 0.872. The van der Waals surface area contributed by atoms with Crippen molar-refractivity contribution in [3.05, 3.63) is 38.9 Å². The number of aliphatic hydroxyl groups excluding tert-OH is 1. The van der Waals surface area contributed by atoms with E-state index in [1.807, 2.05) is 12.1 Å². The Morgan fingerprint density at radius 1 is 1.50 bits per heavy atom. The van der Waals surface area contributed by atoms with Gasteiger partial charge < -0.3 is 5.11 Å². The maximum Gasteiger partial charge on any atom is 0.261 e. The molecule has 0 amide bonds. The molecule has 94 valence electrons. The highest BCUT2D eigenvalue weighted by atomic mass is 79.9. The first-order valence-corrected chi connectivity index (χ1v) is 6.78. The van der Waals surface area contributed by atoms with Crippen molar-refractivity contribution in [3.8, 4) is 0 Å². The number of nitrogens with zero attached hydrogens (tertiary/aromatic N) is 2. The van der Waals surface area contributed by atoms with Gasteiger partial charge in [0.05, 0.1) is 10.9 Å². The Morgan fingerprint density at radius 3 is 3.11 bits per heavy atom. The largest absolute Gasteiger partial charge is 0.396 e. The lowest BCUT2D eigenvalue weighted by molar-refractivity contribution is 0.197. The molecule has 4 nitrogen and oxygen atoms in total. The van der Waals surface area contributed by atoms with Crippen LogP contribution in [0.25, 0.3) is 10.9 Å². The van der Waals surface area contributed by atoms with Crippen molar-refractivity contribution in [2.45, 2.75) is 19.4 Å². The van der Waals surface area contributed by atoms with Crippen molar-refractivity contribution in [2.24, 2.45) is 5.92 Å². The molecule has 5 heteroatoms. The van der Waals surface area contributed by atoms with Gasteiger partial charge in [-0.3, -0.25) is 9.36 Å². The molecule has 1 aromatic heterocycles. The summed E-state index contributed by atoms with van der Waals surface area (Å²) in [5, 5.41) is 9.88. The molecule has 1 atom stereocenters. The lowest BCUT2D eigenvalue weighted by Gasteiger charge is -2.23. The molecule has 18 heavy (non-hydrogen) atoms. The van der Waals surface area contributed by atoms with Crippen molar-refractivity contribution in [3.63, 3.8) is 0 Å². The first-order valence-electron chi connectivity index (χ1n) is 5.99. The third kappa shape index (κ3) is 1.87. The van der Waals surface area contributed by atoms with Crippen molar-refractivity contribution < 1.29 is 5.11 Å². The topological polar surface area (TPSA) is 55.1 Å². The molecule has 0 saturated heterocycles. The van der Waals surface area contributed by atoms with Crippen LogP contribution >= 0.6 is 15.9 Å². The van der Waals surface area contributed by atoms with E-state index in [1.165, 1.54) is 0 Å².